The van der Waals surface area contributed by atoms with Crippen molar-refractivity contribution in [3.05, 3.63) is 29.8 Å². The monoisotopic (exact) mass is 253 g/mol. The second-order valence-corrected chi connectivity index (χ2v) is 5.93. The fraction of sp³-hybridized carbons (Fsp3) is 0.538. The average Bonchev–Trinajstić information content (AvgIpc) is 2.77. The van der Waals surface area contributed by atoms with Gasteiger partial charge in [-0.1, -0.05) is 12.1 Å². The molecule has 1 aromatic carbocycles. The van der Waals surface area contributed by atoms with Gasteiger partial charge in [0.1, 0.15) is 0 Å². The summed E-state index contributed by atoms with van der Waals surface area (Å²) in [4.78, 5) is 3.19. The van der Waals surface area contributed by atoms with E-state index in [1.807, 2.05) is 24.3 Å². The van der Waals surface area contributed by atoms with Gasteiger partial charge < -0.3 is 5.11 Å². The summed E-state index contributed by atoms with van der Waals surface area (Å²) in [6, 6.07) is 8.23. The molecule has 1 aliphatic heterocycles. The van der Waals surface area contributed by atoms with Gasteiger partial charge >= 0.3 is 0 Å². The molecular weight excluding hydrogens is 234 g/mol. The van der Waals surface area contributed by atoms with Crippen LogP contribution < -0.4 is 0 Å². The van der Waals surface area contributed by atoms with E-state index >= 15 is 0 Å². The fourth-order valence-electron chi connectivity index (χ4n) is 2.33. The summed E-state index contributed by atoms with van der Waals surface area (Å²) in [6.07, 6.45) is 3.95. The molecule has 0 radical (unpaired) electrons. The summed E-state index contributed by atoms with van der Waals surface area (Å²) in [5.41, 5.74) is 1.22. The molecule has 0 amide bonds. The van der Waals surface area contributed by atoms with Crippen molar-refractivity contribution < 1.29 is 9.32 Å². The Balaban J connectivity index is 2.01. The van der Waals surface area contributed by atoms with Crippen molar-refractivity contribution in [2.24, 2.45) is 0 Å². The summed E-state index contributed by atoms with van der Waals surface area (Å²) in [7, 11) is -0.903. The van der Waals surface area contributed by atoms with Gasteiger partial charge in [0.05, 0.1) is 6.61 Å². The quantitative estimate of drug-likeness (QED) is 0.881. The third kappa shape index (κ3) is 3.15. The molecule has 2 rings (SSSR count). The van der Waals surface area contributed by atoms with E-state index in [9.17, 15) is 9.32 Å². The maximum atomic E-state index is 11.3. The number of aliphatic hydroxyl groups is 1. The Hall–Kier alpha value is -0.710. The third-order valence-corrected chi connectivity index (χ3v) is 4.29. The van der Waals surface area contributed by atoms with Crippen molar-refractivity contribution in [2.75, 3.05) is 19.4 Å². The first-order valence-electron chi connectivity index (χ1n) is 5.98. The highest BCUT2D eigenvalue weighted by Gasteiger charge is 2.23. The zero-order chi connectivity index (χ0) is 12.3. The van der Waals surface area contributed by atoms with E-state index in [1.54, 1.807) is 6.26 Å². The number of benzene rings is 1. The van der Waals surface area contributed by atoms with Crippen LogP contribution in [0.15, 0.2) is 29.2 Å². The van der Waals surface area contributed by atoms with Gasteiger partial charge in [-0.2, -0.15) is 0 Å². The van der Waals surface area contributed by atoms with Crippen LogP contribution in [0.3, 0.4) is 0 Å². The van der Waals surface area contributed by atoms with Crippen molar-refractivity contribution in [1.82, 2.24) is 4.90 Å². The molecule has 1 saturated heterocycles. The Morgan fingerprint density at radius 2 is 2.12 bits per heavy atom. The minimum absolute atomic E-state index is 0.247. The molecule has 1 heterocycles. The number of aliphatic hydroxyl groups excluding tert-OH is 1. The number of hydrogen-bond acceptors (Lipinski definition) is 3. The highest BCUT2D eigenvalue weighted by atomic mass is 32.2. The third-order valence-electron chi connectivity index (χ3n) is 3.35. The van der Waals surface area contributed by atoms with Crippen LogP contribution in [-0.4, -0.2) is 39.7 Å². The molecule has 1 fully saturated rings. The molecule has 94 valence electrons. The van der Waals surface area contributed by atoms with Crippen LogP contribution in [0.5, 0.6) is 0 Å². The second kappa shape index (κ2) is 5.76. The first kappa shape index (κ1) is 12.7. The highest BCUT2D eigenvalue weighted by Crippen LogP contribution is 2.20. The predicted molar refractivity (Wildman–Crippen MR) is 69.3 cm³/mol. The molecule has 1 N–H and O–H groups in total. The average molecular weight is 253 g/mol. The maximum Gasteiger partial charge on any atom is 0.0587 e. The largest absolute Gasteiger partial charge is 0.395 e. The number of nitrogens with zero attached hydrogens (tertiary/aromatic N) is 1. The lowest BCUT2D eigenvalue weighted by Gasteiger charge is -2.22. The van der Waals surface area contributed by atoms with E-state index in [4.69, 9.17) is 0 Å². The number of likely N-dealkylation sites (tertiary alicyclic amines) is 1. The molecule has 4 heteroatoms. The van der Waals surface area contributed by atoms with E-state index < -0.39 is 10.8 Å². The van der Waals surface area contributed by atoms with Crippen LogP contribution in [-0.2, 0) is 17.3 Å². The van der Waals surface area contributed by atoms with E-state index in [-0.39, 0.29) is 6.61 Å². The Morgan fingerprint density at radius 1 is 1.41 bits per heavy atom. The Kier molecular flexibility index (Phi) is 4.31. The van der Waals surface area contributed by atoms with Crippen molar-refractivity contribution in [3.63, 3.8) is 0 Å². The first-order valence-corrected chi connectivity index (χ1v) is 7.54. The molecular formula is C13H19NO2S. The number of rotatable bonds is 4. The van der Waals surface area contributed by atoms with Gasteiger partial charge in [-0.3, -0.25) is 9.11 Å². The van der Waals surface area contributed by atoms with Gasteiger partial charge in [-0.25, -0.2) is 0 Å². The zero-order valence-corrected chi connectivity index (χ0v) is 10.9. The SMILES string of the molecule is CS(=O)c1ccc(CN2CCC[C@@H]2CO)cc1. The van der Waals surface area contributed by atoms with Crippen LogP contribution in [0, 0.1) is 0 Å². The molecule has 1 aliphatic rings. The van der Waals surface area contributed by atoms with E-state index in [1.165, 1.54) is 12.0 Å². The van der Waals surface area contributed by atoms with Gasteiger partial charge in [-0.15, -0.1) is 0 Å². The summed E-state index contributed by atoms with van der Waals surface area (Å²) in [6.45, 7) is 2.19. The minimum atomic E-state index is -0.903. The van der Waals surface area contributed by atoms with Gasteiger partial charge in [0.15, 0.2) is 0 Å². The fourth-order valence-corrected chi connectivity index (χ4v) is 2.85. The van der Waals surface area contributed by atoms with Gasteiger partial charge in [0.2, 0.25) is 0 Å². The molecule has 1 unspecified atom stereocenters. The standard InChI is InChI=1S/C13H19NO2S/c1-17(16)13-6-4-11(5-7-13)9-14-8-2-3-12(14)10-15/h4-7,12,15H,2-3,8-10H2,1H3/t12-,17?/m1/s1. The summed E-state index contributed by atoms with van der Waals surface area (Å²) >= 11 is 0. The van der Waals surface area contributed by atoms with Gasteiger partial charge in [-0.05, 0) is 37.1 Å². The minimum Gasteiger partial charge on any atom is -0.395 e. The summed E-state index contributed by atoms with van der Waals surface area (Å²) in [5, 5.41) is 9.25. The lowest BCUT2D eigenvalue weighted by atomic mass is 10.2. The van der Waals surface area contributed by atoms with Crippen LogP contribution in [0.2, 0.25) is 0 Å². The molecule has 2 atom stereocenters. The highest BCUT2D eigenvalue weighted by molar-refractivity contribution is 7.84. The molecule has 0 aromatic heterocycles. The molecule has 3 nitrogen and oxygen atoms in total. The van der Waals surface area contributed by atoms with Crippen LogP contribution in [0.25, 0.3) is 0 Å². The topological polar surface area (TPSA) is 40.5 Å². The van der Waals surface area contributed by atoms with Gasteiger partial charge in [0.25, 0.3) is 0 Å². The summed E-state index contributed by atoms with van der Waals surface area (Å²) in [5.74, 6) is 0. The Labute approximate surface area is 105 Å². The van der Waals surface area contributed by atoms with Gasteiger partial charge in [0, 0.05) is 34.5 Å². The molecule has 0 saturated carbocycles. The maximum absolute atomic E-state index is 11.3. The first-order chi connectivity index (χ1) is 8.20. The lowest BCUT2D eigenvalue weighted by Crippen LogP contribution is -2.31. The van der Waals surface area contributed by atoms with E-state index in [0.29, 0.717) is 6.04 Å². The zero-order valence-electron chi connectivity index (χ0n) is 10.1. The second-order valence-electron chi connectivity index (χ2n) is 4.55. The molecule has 1 aromatic rings. The van der Waals surface area contributed by atoms with Crippen molar-refractivity contribution in [2.45, 2.75) is 30.3 Å². The molecule has 17 heavy (non-hydrogen) atoms. The van der Waals surface area contributed by atoms with Crippen molar-refractivity contribution >= 4 is 10.8 Å². The normalized spacial score (nSPS) is 22.8. The predicted octanol–water partition coefficient (Wildman–Crippen LogP) is 1.38. The number of hydrogen-bond donors (Lipinski definition) is 1. The molecule has 0 bridgehead atoms. The van der Waals surface area contributed by atoms with Crippen LogP contribution in [0.4, 0.5) is 0 Å². The van der Waals surface area contributed by atoms with Crippen LogP contribution >= 0.6 is 0 Å². The van der Waals surface area contributed by atoms with Crippen molar-refractivity contribution in [1.29, 1.82) is 0 Å². The van der Waals surface area contributed by atoms with Crippen LogP contribution in [0.1, 0.15) is 18.4 Å². The Morgan fingerprint density at radius 3 is 2.71 bits per heavy atom. The summed E-state index contributed by atoms with van der Waals surface area (Å²) < 4.78 is 11.3. The Bertz CT molecular complexity index is 391. The van der Waals surface area contributed by atoms with Crippen molar-refractivity contribution in [3.8, 4) is 0 Å². The van der Waals surface area contributed by atoms with E-state index in [0.717, 1.165) is 24.4 Å². The lowest BCUT2D eigenvalue weighted by molar-refractivity contribution is 0.153. The molecule has 0 spiro atoms. The smallest absolute Gasteiger partial charge is 0.0587 e. The van der Waals surface area contributed by atoms with E-state index in [2.05, 4.69) is 4.90 Å². The molecule has 0 aliphatic carbocycles.